The molecule has 100 valence electrons. The summed E-state index contributed by atoms with van der Waals surface area (Å²) in [6.07, 6.45) is 1.01. The number of carbonyl (C=O) groups is 1. The van der Waals surface area contributed by atoms with Crippen LogP contribution in [0, 0.1) is 0 Å². The summed E-state index contributed by atoms with van der Waals surface area (Å²) in [5.41, 5.74) is 6.17. The molecule has 0 saturated carbocycles. The van der Waals surface area contributed by atoms with Gasteiger partial charge in [0.25, 0.3) is 0 Å². The quantitative estimate of drug-likeness (QED) is 0.552. The van der Waals surface area contributed by atoms with Crippen molar-refractivity contribution in [2.24, 2.45) is 0 Å². The molecule has 0 fully saturated rings. The van der Waals surface area contributed by atoms with E-state index in [0.717, 1.165) is 6.26 Å². The monoisotopic (exact) mass is 272 g/mol. The van der Waals surface area contributed by atoms with Gasteiger partial charge in [-0.1, -0.05) is 12.1 Å². The second-order valence-electron chi connectivity index (χ2n) is 3.81. The first-order valence-electron chi connectivity index (χ1n) is 5.30. The van der Waals surface area contributed by atoms with Crippen molar-refractivity contribution in [2.75, 3.05) is 30.9 Å². The van der Waals surface area contributed by atoms with E-state index in [1.165, 1.54) is 0 Å². The first-order chi connectivity index (χ1) is 8.38. The van der Waals surface area contributed by atoms with Gasteiger partial charge in [-0.3, -0.25) is 4.79 Å². The van der Waals surface area contributed by atoms with Crippen molar-refractivity contribution >= 4 is 21.4 Å². The molecule has 0 heterocycles. The van der Waals surface area contributed by atoms with Gasteiger partial charge in [-0.2, -0.15) is 0 Å². The number of ether oxygens (including phenoxy) is 1. The number of carbonyl (C=O) groups excluding carboxylic acids is 1. The third-order valence-corrected chi connectivity index (χ3v) is 2.78. The van der Waals surface area contributed by atoms with Crippen LogP contribution in [0.2, 0.25) is 0 Å². The zero-order valence-electron chi connectivity index (χ0n) is 10.0. The molecule has 1 aromatic carbocycles. The first-order valence-corrected chi connectivity index (χ1v) is 7.36. The van der Waals surface area contributed by atoms with E-state index in [1.54, 1.807) is 24.3 Å². The summed E-state index contributed by atoms with van der Waals surface area (Å²) in [4.78, 5) is 11.2. The van der Waals surface area contributed by atoms with Gasteiger partial charge < -0.3 is 15.8 Å². The van der Waals surface area contributed by atoms with E-state index in [1.807, 2.05) is 0 Å². The van der Waals surface area contributed by atoms with Crippen LogP contribution in [0.1, 0.15) is 0 Å². The Morgan fingerprint density at radius 2 is 2.06 bits per heavy atom. The van der Waals surface area contributed by atoms with Crippen LogP contribution in [0.5, 0.6) is 5.75 Å². The molecule has 0 bridgehead atoms. The lowest BCUT2D eigenvalue weighted by atomic mass is 10.3. The van der Waals surface area contributed by atoms with Gasteiger partial charge in [0.2, 0.25) is 5.91 Å². The van der Waals surface area contributed by atoms with Gasteiger partial charge in [-0.15, -0.1) is 0 Å². The van der Waals surface area contributed by atoms with Gasteiger partial charge in [-0.25, -0.2) is 8.42 Å². The van der Waals surface area contributed by atoms with E-state index < -0.39 is 21.5 Å². The van der Waals surface area contributed by atoms with Gasteiger partial charge in [-0.05, 0) is 12.1 Å². The molecule has 7 heteroatoms. The molecule has 1 amide bonds. The van der Waals surface area contributed by atoms with Gasteiger partial charge >= 0.3 is 0 Å². The maximum absolute atomic E-state index is 11.2. The first kappa shape index (κ1) is 14.3. The minimum absolute atomic E-state index is 0.225. The number of anilines is 1. The number of amides is 1. The van der Waals surface area contributed by atoms with Crippen LogP contribution in [0.25, 0.3) is 0 Å². The molecule has 0 spiro atoms. The highest BCUT2D eigenvalue weighted by atomic mass is 32.2. The van der Waals surface area contributed by atoms with Gasteiger partial charge in [0.15, 0.2) is 9.84 Å². The number of sulfone groups is 1. The van der Waals surface area contributed by atoms with E-state index in [9.17, 15) is 13.2 Å². The van der Waals surface area contributed by atoms with Crippen LogP contribution >= 0.6 is 0 Å². The SMILES string of the molecule is CS(=O)(=O)CC(=O)NCCOc1ccccc1N. The topological polar surface area (TPSA) is 98.5 Å². The largest absolute Gasteiger partial charge is 0.490 e. The zero-order valence-corrected chi connectivity index (χ0v) is 10.9. The Bertz CT molecular complexity index is 514. The number of nitrogen functional groups attached to an aromatic ring is 1. The summed E-state index contributed by atoms with van der Waals surface area (Å²) >= 11 is 0. The van der Waals surface area contributed by atoms with E-state index >= 15 is 0 Å². The smallest absolute Gasteiger partial charge is 0.235 e. The molecule has 0 radical (unpaired) electrons. The highest BCUT2D eigenvalue weighted by Gasteiger charge is 2.09. The lowest BCUT2D eigenvalue weighted by molar-refractivity contribution is -0.118. The molecule has 0 atom stereocenters. The van der Waals surface area contributed by atoms with Crippen LogP contribution in [0.3, 0.4) is 0 Å². The number of nitrogens with one attached hydrogen (secondary N) is 1. The fraction of sp³-hybridized carbons (Fsp3) is 0.364. The van der Waals surface area contributed by atoms with Crippen molar-refractivity contribution in [1.29, 1.82) is 0 Å². The van der Waals surface area contributed by atoms with Gasteiger partial charge in [0, 0.05) is 6.26 Å². The highest BCUT2D eigenvalue weighted by Crippen LogP contribution is 2.19. The number of para-hydroxylation sites is 2. The average Bonchev–Trinajstić information content (AvgIpc) is 2.24. The second kappa shape index (κ2) is 6.25. The Kier molecular flexibility index (Phi) is 4.96. The van der Waals surface area contributed by atoms with Gasteiger partial charge in [0.1, 0.15) is 18.1 Å². The predicted octanol–water partition coefficient (Wildman–Crippen LogP) is -0.192. The Labute approximate surface area is 106 Å². The molecular formula is C11H16N2O4S. The Morgan fingerprint density at radius 3 is 2.67 bits per heavy atom. The molecule has 18 heavy (non-hydrogen) atoms. The Morgan fingerprint density at radius 1 is 1.39 bits per heavy atom. The predicted molar refractivity (Wildman–Crippen MR) is 69.1 cm³/mol. The second-order valence-corrected chi connectivity index (χ2v) is 5.95. The fourth-order valence-electron chi connectivity index (χ4n) is 1.25. The van der Waals surface area contributed by atoms with Crippen molar-refractivity contribution in [1.82, 2.24) is 5.32 Å². The summed E-state index contributed by atoms with van der Waals surface area (Å²) in [5.74, 6) is -0.516. The molecule has 3 N–H and O–H groups in total. The van der Waals surface area contributed by atoms with Crippen molar-refractivity contribution in [2.45, 2.75) is 0 Å². The number of rotatable bonds is 6. The highest BCUT2D eigenvalue weighted by molar-refractivity contribution is 7.91. The zero-order chi connectivity index (χ0) is 13.6. The summed E-state index contributed by atoms with van der Waals surface area (Å²) in [6.45, 7) is 0.451. The average molecular weight is 272 g/mol. The molecular weight excluding hydrogens is 256 g/mol. The summed E-state index contributed by atoms with van der Waals surface area (Å²) in [7, 11) is -3.29. The molecule has 0 aliphatic rings. The molecule has 0 unspecified atom stereocenters. The minimum atomic E-state index is -3.29. The van der Waals surface area contributed by atoms with E-state index in [0.29, 0.717) is 11.4 Å². The minimum Gasteiger partial charge on any atom is -0.490 e. The lowest BCUT2D eigenvalue weighted by Gasteiger charge is -2.09. The molecule has 0 aliphatic heterocycles. The van der Waals surface area contributed by atoms with Crippen molar-refractivity contribution in [3.05, 3.63) is 24.3 Å². The molecule has 0 saturated heterocycles. The molecule has 1 aromatic rings. The number of benzene rings is 1. The van der Waals surface area contributed by atoms with Crippen LogP contribution in [-0.2, 0) is 14.6 Å². The van der Waals surface area contributed by atoms with Crippen LogP contribution in [0.4, 0.5) is 5.69 Å². The number of hydrogen-bond donors (Lipinski definition) is 2. The fourth-order valence-corrected chi connectivity index (χ4v) is 1.83. The van der Waals surface area contributed by atoms with E-state index in [2.05, 4.69) is 5.32 Å². The molecule has 6 nitrogen and oxygen atoms in total. The summed E-state index contributed by atoms with van der Waals surface area (Å²) in [6, 6.07) is 7.00. The maximum atomic E-state index is 11.2. The van der Waals surface area contributed by atoms with E-state index in [-0.39, 0.29) is 13.2 Å². The standard InChI is InChI=1S/C11H16N2O4S/c1-18(15,16)8-11(14)13-6-7-17-10-5-3-2-4-9(10)12/h2-5H,6-8,12H2,1H3,(H,13,14). The Balaban J connectivity index is 2.28. The van der Waals surface area contributed by atoms with Crippen molar-refractivity contribution in [3.8, 4) is 5.75 Å². The molecule has 0 aromatic heterocycles. The van der Waals surface area contributed by atoms with Crippen LogP contribution in [-0.4, -0.2) is 39.5 Å². The van der Waals surface area contributed by atoms with Crippen LogP contribution < -0.4 is 15.8 Å². The van der Waals surface area contributed by atoms with Crippen LogP contribution in [0.15, 0.2) is 24.3 Å². The maximum Gasteiger partial charge on any atom is 0.235 e. The molecule has 0 aliphatic carbocycles. The van der Waals surface area contributed by atoms with Crippen molar-refractivity contribution in [3.63, 3.8) is 0 Å². The van der Waals surface area contributed by atoms with Crippen molar-refractivity contribution < 1.29 is 17.9 Å². The summed E-state index contributed by atoms with van der Waals surface area (Å²) in [5, 5.41) is 2.44. The normalized spacial score (nSPS) is 10.9. The van der Waals surface area contributed by atoms with E-state index in [4.69, 9.17) is 10.5 Å². The summed E-state index contributed by atoms with van der Waals surface area (Å²) < 4.78 is 27.0. The lowest BCUT2D eigenvalue weighted by Crippen LogP contribution is -2.32. The number of nitrogens with two attached hydrogens (primary N) is 1. The number of hydrogen-bond acceptors (Lipinski definition) is 5. The third kappa shape index (κ3) is 5.53. The molecule has 1 rings (SSSR count). The van der Waals surface area contributed by atoms with Gasteiger partial charge in [0.05, 0.1) is 12.2 Å². The Hall–Kier alpha value is -1.76. The third-order valence-electron chi connectivity index (χ3n) is 1.99.